The van der Waals surface area contributed by atoms with Crippen molar-refractivity contribution in [2.75, 3.05) is 24.8 Å². The topological polar surface area (TPSA) is 73.8 Å². The zero-order chi connectivity index (χ0) is 17.6. The molecule has 0 unspecified atom stereocenters. The van der Waals surface area contributed by atoms with Gasteiger partial charge in [0, 0.05) is 31.1 Å². The molecule has 1 saturated heterocycles. The number of nitrogens with zero attached hydrogens (tertiary/aromatic N) is 3. The van der Waals surface area contributed by atoms with E-state index < -0.39 is 5.60 Å². The molecule has 0 amide bonds. The maximum absolute atomic E-state index is 12.4. The summed E-state index contributed by atoms with van der Waals surface area (Å²) in [7, 11) is 0. The lowest BCUT2D eigenvalue weighted by Crippen LogP contribution is -2.41. The Bertz CT molecular complexity index is 528. The van der Waals surface area contributed by atoms with E-state index in [1.165, 1.54) is 0 Å². The van der Waals surface area contributed by atoms with E-state index >= 15 is 0 Å². The van der Waals surface area contributed by atoms with E-state index in [0.717, 1.165) is 24.9 Å². The van der Waals surface area contributed by atoms with Crippen LogP contribution in [0.15, 0.2) is 12.4 Å². The Labute approximate surface area is 143 Å². The minimum absolute atomic E-state index is 0.215. The van der Waals surface area contributed by atoms with Crippen molar-refractivity contribution in [3.8, 4) is 0 Å². The number of aromatic nitrogens is 2. The molecule has 2 heterocycles. The van der Waals surface area contributed by atoms with Gasteiger partial charge in [-0.05, 0) is 40.5 Å². The smallest absolute Gasteiger partial charge is 0.329 e. The summed E-state index contributed by atoms with van der Waals surface area (Å²) in [6, 6.07) is -0.315. The highest BCUT2D eigenvalue weighted by molar-refractivity contribution is 5.80. The highest BCUT2D eigenvalue weighted by Crippen LogP contribution is 2.24. The maximum Gasteiger partial charge on any atom is 0.329 e. The number of esters is 1. The van der Waals surface area contributed by atoms with Crippen LogP contribution in [0.1, 0.15) is 46.1 Å². The average molecular weight is 337 g/mol. The highest BCUT2D eigenvalue weighted by atomic mass is 16.7. The quantitative estimate of drug-likeness (QED) is 0.429. The minimum atomic E-state index is -0.492. The fourth-order valence-corrected chi connectivity index (χ4v) is 2.49. The second-order valence-electron chi connectivity index (χ2n) is 6.74. The van der Waals surface area contributed by atoms with E-state index in [1.54, 1.807) is 12.4 Å². The molecule has 0 saturated carbocycles. The van der Waals surface area contributed by atoms with Gasteiger partial charge in [0.2, 0.25) is 5.95 Å². The molecule has 24 heavy (non-hydrogen) atoms. The molecule has 0 radical (unpaired) electrons. The van der Waals surface area contributed by atoms with Crippen LogP contribution in [-0.2, 0) is 25.6 Å². The van der Waals surface area contributed by atoms with Crippen molar-refractivity contribution < 1.29 is 19.0 Å². The SMILES string of the molecule is CCOCOCc1cnc(N2CCC[C@H]2C(=O)OC(C)(C)C)nc1. The summed E-state index contributed by atoms with van der Waals surface area (Å²) in [4.78, 5) is 23.0. The fourth-order valence-electron chi connectivity index (χ4n) is 2.49. The molecule has 2 rings (SSSR count). The van der Waals surface area contributed by atoms with Crippen LogP contribution in [0.2, 0.25) is 0 Å². The van der Waals surface area contributed by atoms with Crippen molar-refractivity contribution in [1.82, 2.24) is 9.97 Å². The van der Waals surface area contributed by atoms with Crippen molar-refractivity contribution in [2.24, 2.45) is 0 Å². The average Bonchev–Trinajstić information content (AvgIpc) is 3.00. The van der Waals surface area contributed by atoms with Gasteiger partial charge in [-0.1, -0.05) is 0 Å². The van der Waals surface area contributed by atoms with E-state index in [1.807, 2.05) is 32.6 Å². The molecule has 1 aliphatic heterocycles. The van der Waals surface area contributed by atoms with Crippen molar-refractivity contribution in [1.29, 1.82) is 0 Å². The Morgan fingerprint density at radius 2 is 2.00 bits per heavy atom. The van der Waals surface area contributed by atoms with Crippen LogP contribution in [0, 0.1) is 0 Å². The number of ether oxygens (including phenoxy) is 3. The molecule has 0 aromatic carbocycles. The van der Waals surface area contributed by atoms with Gasteiger partial charge >= 0.3 is 5.97 Å². The molecule has 0 bridgehead atoms. The molecule has 0 aliphatic carbocycles. The Balaban J connectivity index is 1.95. The van der Waals surface area contributed by atoms with Crippen molar-refractivity contribution >= 4 is 11.9 Å². The van der Waals surface area contributed by atoms with Crippen LogP contribution >= 0.6 is 0 Å². The highest BCUT2D eigenvalue weighted by Gasteiger charge is 2.35. The van der Waals surface area contributed by atoms with E-state index in [2.05, 4.69) is 9.97 Å². The second kappa shape index (κ2) is 8.39. The first-order chi connectivity index (χ1) is 11.4. The standard InChI is InChI=1S/C17H27N3O4/c1-5-22-12-23-11-13-9-18-16(19-10-13)20-8-6-7-14(20)15(21)24-17(2,3)4/h9-10,14H,5-8,11-12H2,1-4H3/t14-/m0/s1. The van der Waals surface area contributed by atoms with E-state index in [-0.39, 0.29) is 18.8 Å². The van der Waals surface area contributed by atoms with Gasteiger partial charge in [-0.15, -0.1) is 0 Å². The van der Waals surface area contributed by atoms with Crippen molar-refractivity contribution in [2.45, 2.75) is 58.8 Å². The molecule has 1 aliphatic rings. The normalized spacial score (nSPS) is 18.0. The van der Waals surface area contributed by atoms with Crippen LogP contribution in [-0.4, -0.2) is 47.5 Å². The first-order valence-electron chi connectivity index (χ1n) is 8.36. The molecule has 0 N–H and O–H groups in total. The lowest BCUT2D eigenvalue weighted by atomic mass is 10.1. The van der Waals surface area contributed by atoms with Crippen LogP contribution in [0.25, 0.3) is 0 Å². The van der Waals surface area contributed by atoms with Gasteiger partial charge in [0.1, 0.15) is 18.4 Å². The Hall–Kier alpha value is -1.73. The molecule has 7 nitrogen and oxygen atoms in total. The summed E-state index contributed by atoms with van der Waals surface area (Å²) in [6.45, 7) is 9.56. The molecule has 7 heteroatoms. The molecule has 1 atom stereocenters. The number of hydrogen-bond donors (Lipinski definition) is 0. The zero-order valence-electron chi connectivity index (χ0n) is 14.9. The maximum atomic E-state index is 12.4. The van der Waals surface area contributed by atoms with Crippen LogP contribution < -0.4 is 4.90 Å². The van der Waals surface area contributed by atoms with Crippen LogP contribution in [0.4, 0.5) is 5.95 Å². The van der Waals surface area contributed by atoms with Crippen LogP contribution in [0.5, 0.6) is 0 Å². The third-order valence-corrected chi connectivity index (χ3v) is 3.52. The van der Waals surface area contributed by atoms with Gasteiger partial charge < -0.3 is 19.1 Å². The summed E-state index contributed by atoms with van der Waals surface area (Å²) in [5.74, 6) is 0.338. The lowest BCUT2D eigenvalue weighted by molar-refractivity contribution is -0.156. The molecule has 1 aromatic rings. The van der Waals surface area contributed by atoms with Crippen LogP contribution in [0.3, 0.4) is 0 Å². The van der Waals surface area contributed by atoms with Gasteiger partial charge in [0.25, 0.3) is 0 Å². The third kappa shape index (κ3) is 5.42. The zero-order valence-corrected chi connectivity index (χ0v) is 14.9. The Kier molecular flexibility index (Phi) is 6.51. The van der Waals surface area contributed by atoms with Gasteiger partial charge in [0.05, 0.1) is 6.61 Å². The van der Waals surface area contributed by atoms with Gasteiger partial charge in [-0.3, -0.25) is 0 Å². The first kappa shape index (κ1) is 18.6. The number of anilines is 1. The molecule has 134 valence electrons. The second-order valence-corrected chi connectivity index (χ2v) is 6.74. The number of rotatable bonds is 7. The molecule has 1 fully saturated rings. The van der Waals surface area contributed by atoms with Gasteiger partial charge in [-0.2, -0.15) is 0 Å². The molecular weight excluding hydrogens is 310 g/mol. The summed E-state index contributed by atoms with van der Waals surface area (Å²) in [5, 5.41) is 0. The third-order valence-electron chi connectivity index (χ3n) is 3.52. The monoisotopic (exact) mass is 337 g/mol. The van der Waals surface area contributed by atoms with Gasteiger partial charge in [-0.25, -0.2) is 14.8 Å². The summed E-state index contributed by atoms with van der Waals surface area (Å²) < 4.78 is 16.0. The number of hydrogen-bond acceptors (Lipinski definition) is 7. The predicted octanol–water partition coefficient (Wildman–Crippen LogP) is 2.30. The Morgan fingerprint density at radius 1 is 1.29 bits per heavy atom. The van der Waals surface area contributed by atoms with Crippen molar-refractivity contribution in [3.05, 3.63) is 18.0 Å². The van der Waals surface area contributed by atoms with E-state index in [4.69, 9.17) is 14.2 Å². The minimum Gasteiger partial charge on any atom is -0.458 e. The summed E-state index contributed by atoms with van der Waals surface area (Å²) >= 11 is 0. The van der Waals surface area contributed by atoms with Crippen molar-refractivity contribution in [3.63, 3.8) is 0 Å². The number of carbonyl (C=O) groups is 1. The first-order valence-corrected chi connectivity index (χ1v) is 8.36. The summed E-state index contributed by atoms with van der Waals surface area (Å²) in [6.07, 6.45) is 5.13. The molecular formula is C17H27N3O4. The summed E-state index contributed by atoms with van der Waals surface area (Å²) in [5.41, 5.74) is 0.375. The predicted molar refractivity (Wildman–Crippen MR) is 89.5 cm³/mol. The molecule has 1 aromatic heterocycles. The lowest BCUT2D eigenvalue weighted by Gasteiger charge is -2.27. The Morgan fingerprint density at radius 3 is 2.62 bits per heavy atom. The number of carbonyl (C=O) groups excluding carboxylic acids is 1. The largest absolute Gasteiger partial charge is 0.458 e. The van der Waals surface area contributed by atoms with Gasteiger partial charge in [0.15, 0.2) is 0 Å². The fraction of sp³-hybridized carbons (Fsp3) is 0.706. The molecule has 0 spiro atoms. The van der Waals surface area contributed by atoms with E-state index in [0.29, 0.717) is 19.2 Å². The van der Waals surface area contributed by atoms with E-state index in [9.17, 15) is 4.79 Å².